The van der Waals surface area contributed by atoms with Crippen molar-refractivity contribution in [1.29, 1.82) is 0 Å². The van der Waals surface area contributed by atoms with Crippen LogP contribution in [0.2, 0.25) is 0 Å². The Bertz CT molecular complexity index is 838. The van der Waals surface area contributed by atoms with Crippen LogP contribution in [0.3, 0.4) is 0 Å². The van der Waals surface area contributed by atoms with Crippen LogP contribution in [0.4, 0.5) is 0 Å². The van der Waals surface area contributed by atoms with E-state index in [1.54, 1.807) is 0 Å². The SMILES string of the molecule is CC(C)c1cc(C(=O)N2CC[C@H]3CCCC[C@H]3C2)c2cnn(C(C)C)c2n1. The van der Waals surface area contributed by atoms with Gasteiger partial charge in [-0.25, -0.2) is 9.67 Å². The number of rotatable bonds is 3. The number of likely N-dealkylation sites (tertiary alicyclic amines) is 1. The quantitative estimate of drug-likeness (QED) is 0.783. The van der Waals surface area contributed by atoms with E-state index in [0.29, 0.717) is 5.92 Å². The van der Waals surface area contributed by atoms with E-state index in [0.717, 1.165) is 47.7 Å². The smallest absolute Gasteiger partial charge is 0.254 e. The standard InChI is InChI=1S/C22H32N4O/c1-14(2)20-11-18(19-12-23-26(15(3)4)21(19)24-20)22(27)25-10-9-16-7-5-6-8-17(16)13-25/h11-12,14-17H,5-10,13H2,1-4H3/t16-,17+/m1/s1. The number of nitrogens with zero attached hydrogens (tertiary/aromatic N) is 4. The first-order valence-corrected chi connectivity index (χ1v) is 10.6. The summed E-state index contributed by atoms with van der Waals surface area (Å²) in [6.45, 7) is 10.3. The molecule has 5 heteroatoms. The predicted octanol–water partition coefficient (Wildman–Crippen LogP) is 4.79. The molecule has 0 unspecified atom stereocenters. The van der Waals surface area contributed by atoms with Crippen LogP contribution in [-0.4, -0.2) is 38.7 Å². The molecule has 4 rings (SSSR count). The van der Waals surface area contributed by atoms with Gasteiger partial charge in [-0.2, -0.15) is 5.10 Å². The van der Waals surface area contributed by atoms with Gasteiger partial charge in [0.15, 0.2) is 5.65 Å². The number of pyridine rings is 1. The topological polar surface area (TPSA) is 51.0 Å². The predicted molar refractivity (Wildman–Crippen MR) is 108 cm³/mol. The number of aromatic nitrogens is 3. The van der Waals surface area contributed by atoms with E-state index in [-0.39, 0.29) is 17.9 Å². The van der Waals surface area contributed by atoms with Gasteiger partial charge in [0, 0.05) is 24.8 Å². The van der Waals surface area contributed by atoms with Gasteiger partial charge in [-0.15, -0.1) is 0 Å². The number of carbonyl (C=O) groups is 1. The second-order valence-corrected chi connectivity index (χ2v) is 9.01. The summed E-state index contributed by atoms with van der Waals surface area (Å²) in [5.74, 6) is 1.96. The Morgan fingerprint density at radius 3 is 2.56 bits per heavy atom. The van der Waals surface area contributed by atoms with Crippen LogP contribution in [0.25, 0.3) is 11.0 Å². The molecule has 1 amide bonds. The van der Waals surface area contributed by atoms with Gasteiger partial charge in [0.25, 0.3) is 5.91 Å². The van der Waals surface area contributed by atoms with Gasteiger partial charge >= 0.3 is 0 Å². The summed E-state index contributed by atoms with van der Waals surface area (Å²) in [7, 11) is 0. The van der Waals surface area contributed by atoms with Crippen molar-refractivity contribution in [2.75, 3.05) is 13.1 Å². The van der Waals surface area contributed by atoms with Crippen molar-refractivity contribution in [3.05, 3.63) is 23.5 Å². The lowest BCUT2D eigenvalue weighted by molar-refractivity contribution is 0.0522. The highest BCUT2D eigenvalue weighted by molar-refractivity contribution is 6.05. The number of carbonyl (C=O) groups excluding carboxylic acids is 1. The zero-order chi connectivity index (χ0) is 19.1. The van der Waals surface area contributed by atoms with Crippen molar-refractivity contribution in [1.82, 2.24) is 19.7 Å². The highest BCUT2D eigenvalue weighted by atomic mass is 16.2. The van der Waals surface area contributed by atoms with E-state index in [1.165, 1.54) is 25.7 Å². The van der Waals surface area contributed by atoms with Gasteiger partial charge in [0.2, 0.25) is 0 Å². The van der Waals surface area contributed by atoms with Crippen LogP contribution in [0.1, 0.15) is 87.8 Å². The molecule has 5 nitrogen and oxygen atoms in total. The van der Waals surface area contributed by atoms with Gasteiger partial charge in [-0.1, -0.05) is 33.1 Å². The molecule has 2 aliphatic rings. The molecule has 0 radical (unpaired) electrons. The first-order valence-electron chi connectivity index (χ1n) is 10.6. The Morgan fingerprint density at radius 1 is 1.11 bits per heavy atom. The maximum Gasteiger partial charge on any atom is 0.254 e. The molecule has 1 aliphatic carbocycles. The van der Waals surface area contributed by atoms with Gasteiger partial charge in [-0.3, -0.25) is 4.79 Å². The molecule has 1 saturated carbocycles. The summed E-state index contributed by atoms with van der Waals surface area (Å²) in [6, 6.07) is 2.23. The summed E-state index contributed by atoms with van der Waals surface area (Å²) in [4.78, 5) is 20.4. The molecule has 2 aromatic rings. The van der Waals surface area contributed by atoms with Crippen molar-refractivity contribution >= 4 is 16.9 Å². The average Bonchev–Trinajstić information content (AvgIpc) is 3.10. The van der Waals surface area contributed by atoms with Gasteiger partial charge in [-0.05, 0) is 50.5 Å². The van der Waals surface area contributed by atoms with Gasteiger partial charge in [0.05, 0.1) is 17.1 Å². The third-order valence-electron chi connectivity index (χ3n) is 6.48. The number of hydrogen-bond acceptors (Lipinski definition) is 3. The molecule has 2 atom stereocenters. The van der Waals surface area contributed by atoms with E-state index >= 15 is 0 Å². The number of piperidine rings is 1. The number of hydrogen-bond donors (Lipinski definition) is 0. The molecular weight excluding hydrogens is 336 g/mol. The fraction of sp³-hybridized carbons (Fsp3) is 0.682. The molecule has 1 saturated heterocycles. The fourth-order valence-electron chi connectivity index (χ4n) is 4.84. The largest absolute Gasteiger partial charge is 0.338 e. The lowest BCUT2D eigenvalue weighted by Crippen LogP contribution is -2.44. The molecule has 27 heavy (non-hydrogen) atoms. The van der Waals surface area contributed by atoms with Crippen LogP contribution in [0, 0.1) is 11.8 Å². The van der Waals surface area contributed by atoms with Crippen molar-refractivity contribution in [2.45, 2.75) is 71.8 Å². The van der Waals surface area contributed by atoms with E-state index < -0.39 is 0 Å². The molecule has 146 valence electrons. The van der Waals surface area contributed by atoms with Crippen LogP contribution in [-0.2, 0) is 0 Å². The number of amides is 1. The van der Waals surface area contributed by atoms with Crippen LogP contribution < -0.4 is 0 Å². The lowest BCUT2D eigenvalue weighted by Gasteiger charge is -2.41. The summed E-state index contributed by atoms with van der Waals surface area (Å²) in [6.07, 6.45) is 8.31. The maximum absolute atomic E-state index is 13.5. The van der Waals surface area contributed by atoms with E-state index in [2.05, 4.69) is 37.7 Å². The second kappa shape index (κ2) is 7.25. The summed E-state index contributed by atoms with van der Waals surface area (Å²) >= 11 is 0. The third-order valence-corrected chi connectivity index (χ3v) is 6.48. The van der Waals surface area contributed by atoms with E-state index in [9.17, 15) is 4.79 Å². The molecule has 0 spiro atoms. The zero-order valence-electron chi connectivity index (χ0n) is 17.1. The lowest BCUT2D eigenvalue weighted by atomic mass is 9.75. The monoisotopic (exact) mass is 368 g/mol. The van der Waals surface area contributed by atoms with Crippen LogP contribution in [0.15, 0.2) is 12.3 Å². The van der Waals surface area contributed by atoms with E-state index in [1.807, 2.05) is 16.9 Å². The molecule has 1 aliphatic heterocycles. The Hall–Kier alpha value is -1.91. The molecule has 0 N–H and O–H groups in total. The van der Waals surface area contributed by atoms with Crippen LogP contribution >= 0.6 is 0 Å². The highest BCUT2D eigenvalue weighted by Crippen LogP contribution is 2.37. The minimum atomic E-state index is 0.164. The average molecular weight is 369 g/mol. The normalized spacial score (nSPS) is 23.3. The van der Waals surface area contributed by atoms with Crippen molar-refractivity contribution < 1.29 is 4.79 Å². The fourth-order valence-corrected chi connectivity index (χ4v) is 4.84. The van der Waals surface area contributed by atoms with E-state index in [4.69, 9.17) is 4.98 Å². The van der Waals surface area contributed by atoms with Crippen LogP contribution in [0.5, 0.6) is 0 Å². The molecule has 2 fully saturated rings. The first kappa shape index (κ1) is 18.5. The Kier molecular flexibility index (Phi) is 4.95. The minimum absolute atomic E-state index is 0.164. The molecule has 0 aromatic carbocycles. The van der Waals surface area contributed by atoms with Gasteiger partial charge < -0.3 is 4.90 Å². The minimum Gasteiger partial charge on any atom is -0.338 e. The second-order valence-electron chi connectivity index (χ2n) is 9.01. The zero-order valence-corrected chi connectivity index (χ0v) is 17.1. The summed E-state index contributed by atoms with van der Waals surface area (Å²) in [5, 5.41) is 5.42. The van der Waals surface area contributed by atoms with Crippen molar-refractivity contribution in [2.24, 2.45) is 11.8 Å². The Labute approximate surface area is 162 Å². The third kappa shape index (κ3) is 3.37. The number of fused-ring (bicyclic) bond motifs is 2. The Morgan fingerprint density at radius 2 is 1.85 bits per heavy atom. The molecule has 0 bridgehead atoms. The van der Waals surface area contributed by atoms with Crippen molar-refractivity contribution in [3.8, 4) is 0 Å². The maximum atomic E-state index is 13.5. The Balaban J connectivity index is 1.70. The summed E-state index contributed by atoms with van der Waals surface area (Å²) < 4.78 is 1.94. The molecule has 2 aromatic heterocycles. The summed E-state index contributed by atoms with van der Waals surface area (Å²) in [5.41, 5.74) is 2.60. The molecule has 3 heterocycles. The van der Waals surface area contributed by atoms with Gasteiger partial charge in [0.1, 0.15) is 0 Å². The highest BCUT2D eigenvalue weighted by Gasteiger charge is 2.34. The first-order chi connectivity index (χ1) is 13.0. The molecular formula is C22H32N4O. The van der Waals surface area contributed by atoms with Crippen molar-refractivity contribution in [3.63, 3.8) is 0 Å².